The molecule has 0 aromatic rings. The summed E-state index contributed by atoms with van der Waals surface area (Å²) in [4.78, 5) is 11.0. The second-order valence-corrected chi connectivity index (χ2v) is 3.21. The highest BCUT2D eigenvalue weighted by atomic mass is 32.1. The summed E-state index contributed by atoms with van der Waals surface area (Å²) in [5.41, 5.74) is 5.53. The van der Waals surface area contributed by atoms with Crippen LogP contribution in [0.2, 0.25) is 0 Å². The summed E-state index contributed by atoms with van der Waals surface area (Å²) in [6.45, 7) is 4.21. The van der Waals surface area contributed by atoms with E-state index in [1.54, 1.807) is 0 Å². The molecule has 1 atom stereocenters. The lowest BCUT2D eigenvalue weighted by molar-refractivity contribution is -0.124. The Balaban J connectivity index is 3.46. The van der Waals surface area contributed by atoms with Crippen molar-refractivity contribution in [3.8, 4) is 0 Å². The van der Waals surface area contributed by atoms with E-state index >= 15 is 0 Å². The van der Waals surface area contributed by atoms with Crippen LogP contribution in [0.3, 0.4) is 0 Å². The zero-order chi connectivity index (χ0) is 8.85. The third kappa shape index (κ3) is 5.09. The van der Waals surface area contributed by atoms with Crippen molar-refractivity contribution in [1.82, 2.24) is 5.32 Å². The molecule has 0 aliphatic heterocycles. The first-order chi connectivity index (χ1) is 5.07. The Morgan fingerprint density at radius 1 is 1.64 bits per heavy atom. The SMILES string of the molecule is CC(C)C(=O)NCC(N)CS. The molecule has 0 aromatic carbocycles. The molecule has 0 radical (unpaired) electrons. The molecule has 11 heavy (non-hydrogen) atoms. The number of thiol groups is 1. The summed E-state index contributed by atoms with van der Waals surface area (Å²) in [6.07, 6.45) is 0. The smallest absolute Gasteiger partial charge is 0.222 e. The molecular weight excluding hydrogens is 160 g/mol. The van der Waals surface area contributed by atoms with Crippen molar-refractivity contribution in [1.29, 1.82) is 0 Å². The van der Waals surface area contributed by atoms with Gasteiger partial charge >= 0.3 is 0 Å². The summed E-state index contributed by atoms with van der Waals surface area (Å²) < 4.78 is 0. The molecule has 0 aliphatic rings. The normalized spacial score (nSPS) is 13.2. The molecule has 3 N–H and O–H groups in total. The maximum absolute atomic E-state index is 11.0. The third-order valence-electron chi connectivity index (χ3n) is 1.30. The largest absolute Gasteiger partial charge is 0.354 e. The van der Waals surface area contributed by atoms with Gasteiger partial charge in [-0.05, 0) is 0 Å². The zero-order valence-corrected chi connectivity index (χ0v) is 7.90. The molecule has 0 aromatic heterocycles. The average Bonchev–Trinajstić information content (AvgIpc) is 1.99. The number of carbonyl (C=O) groups excluding carboxylic acids is 1. The summed E-state index contributed by atoms with van der Waals surface area (Å²) in [7, 11) is 0. The highest BCUT2D eigenvalue weighted by molar-refractivity contribution is 7.80. The fourth-order valence-corrected chi connectivity index (χ4v) is 0.629. The number of hydrogen-bond acceptors (Lipinski definition) is 3. The number of carbonyl (C=O) groups is 1. The third-order valence-corrected chi connectivity index (χ3v) is 1.77. The van der Waals surface area contributed by atoms with Gasteiger partial charge in [-0.1, -0.05) is 13.8 Å². The molecule has 4 heteroatoms. The van der Waals surface area contributed by atoms with E-state index in [1.807, 2.05) is 13.8 Å². The molecule has 66 valence electrons. The van der Waals surface area contributed by atoms with Crippen LogP contribution >= 0.6 is 12.6 Å². The first kappa shape index (κ1) is 10.8. The molecule has 0 bridgehead atoms. The van der Waals surface area contributed by atoms with Gasteiger partial charge in [0.1, 0.15) is 0 Å². The Kier molecular flexibility index (Phi) is 5.32. The Morgan fingerprint density at radius 2 is 2.18 bits per heavy atom. The van der Waals surface area contributed by atoms with Gasteiger partial charge in [0.15, 0.2) is 0 Å². The maximum atomic E-state index is 11.0. The Hall–Kier alpha value is -0.220. The van der Waals surface area contributed by atoms with Crippen molar-refractivity contribution in [2.24, 2.45) is 11.7 Å². The highest BCUT2D eigenvalue weighted by Gasteiger charge is 2.07. The quantitative estimate of drug-likeness (QED) is 0.529. The second kappa shape index (κ2) is 5.43. The van der Waals surface area contributed by atoms with Gasteiger partial charge in [-0.3, -0.25) is 4.79 Å². The molecule has 0 aliphatic carbocycles. The first-order valence-corrected chi connectivity index (χ1v) is 4.35. The second-order valence-electron chi connectivity index (χ2n) is 2.84. The van der Waals surface area contributed by atoms with Crippen molar-refractivity contribution in [3.05, 3.63) is 0 Å². The van der Waals surface area contributed by atoms with E-state index in [0.717, 1.165) is 0 Å². The maximum Gasteiger partial charge on any atom is 0.222 e. The average molecular weight is 176 g/mol. The molecule has 3 nitrogen and oxygen atoms in total. The van der Waals surface area contributed by atoms with Gasteiger partial charge < -0.3 is 11.1 Å². The number of rotatable bonds is 4. The van der Waals surface area contributed by atoms with Crippen LogP contribution in [-0.2, 0) is 4.79 Å². The molecular formula is C7H16N2OS. The molecule has 0 rings (SSSR count). The van der Waals surface area contributed by atoms with Crippen molar-refractivity contribution in [2.45, 2.75) is 19.9 Å². The number of hydrogen-bond donors (Lipinski definition) is 3. The molecule has 1 amide bonds. The van der Waals surface area contributed by atoms with Crippen LogP contribution in [0.25, 0.3) is 0 Å². The van der Waals surface area contributed by atoms with E-state index in [2.05, 4.69) is 17.9 Å². The van der Waals surface area contributed by atoms with E-state index < -0.39 is 0 Å². The number of amides is 1. The Bertz CT molecular complexity index is 128. The molecule has 0 heterocycles. The van der Waals surface area contributed by atoms with E-state index in [4.69, 9.17) is 5.73 Å². The minimum atomic E-state index is -0.0407. The van der Waals surface area contributed by atoms with Crippen LogP contribution in [0.4, 0.5) is 0 Å². The lowest BCUT2D eigenvalue weighted by Gasteiger charge is -2.11. The number of nitrogens with two attached hydrogens (primary N) is 1. The first-order valence-electron chi connectivity index (χ1n) is 3.72. The van der Waals surface area contributed by atoms with Crippen molar-refractivity contribution in [2.75, 3.05) is 12.3 Å². The minimum absolute atomic E-state index is 0.0297. The van der Waals surface area contributed by atoms with Crippen LogP contribution in [0.1, 0.15) is 13.8 Å². The predicted octanol–water partition coefficient (Wildman–Crippen LogP) is 0.0157. The molecule has 0 fully saturated rings. The van der Waals surface area contributed by atoms with Crippen LogP contribution in [0, 0.1) is 5.92 Å². The van der Waals surface area contributed by atoms with Gasteiger partial charge in [0.2, 0.25) is 5.91 Å². The van der Waals surface area contributed by atoms with E-state index in [9.17, 15) is 4.79 Å². The predicted molar refractivity (Wildman–Crippen MR) is 49.7 cm³/mol. The summed E-state index contributed by atoms with van der Waals surface area (Å²) in [5, 5.41) is 2.72. The van der Waals surface area contributed by atoms with Crippen molar-refractivity contribution in [3.63, 3.8) is 0 Å². The monoisotopic (exact) mass is 176 g/mol. The number of nitrogens with one attached hydrogen (secondary N) is 1. The molecule has 1 unspecified atom stereocenters. The van der Waals surface area contributed by atoms with Gasteiger partial charge in [-0.25, -0.2) is 0 Å². The lowest BCUT2D eigenvalue weighted by atomic mass is 10.2. The summed E-state index contributed by atoms with van der Waals surface area (Å²) in [6, 6.07) is -0.0407. The lowest BCUT2D eigenvalue weighted by Crippen LogP contribution is -2.39. The zero-order valence-electron chi connectivity index (χ0n) is 7.00. The van der Waals surface area contributed by atoms with Crippen LogP contribution < -0.4 is 11.1 Å². The standard InChI is InChI=1S/C7H16N2OS/c1-5(2)7(10)9-3-6(8)4-11/h5-6,11H,3-4,8H2,1-2H3,(H,9,10). The van der Waals surface area contributed by atoms with Gasteiger partial charge in [-0.15, -0.1) is 0 Å². The topological polar surface area (TPSA) is 55.1 Å². The van der Waals surface area contributed by atoms with Crippen LogP contribution in [0.5, 0.6) is 0 Å². The molecule has 0 saturated carbocycles. The van der Waals surface area contributed by atoms with Gasteiger partial charge in [-0.2, -0.15) is 12.6 Å². The van der Waals surface area contributed by atoms with Crippen molar-refractivity contribution >= 4 is 18.5 Å². The van der Waals surface area contributed by atoms with Crippen molar-refractivity contribution < 1.29 is 4.79 Å². The fourth-order valence-electron chi connectivity index (χ4n) is 0.500. The van der Waals surface area contributed by atoms with E-state index in [1.165, 1.54) is 0 Å². The van der Waals surface area contributed by atoms with Gasteiger partial charge in [0.25, 0.3) is 0 Å². The van der Waals surface area contributed by atoms with E-state index in [-0.39, 0.29) is 17.9 Å². The van der Waals surface area contributed by atoms with Gasteiger partial charge in [0, 0.05) is 24.3 Å². The Morgan fingerprint density at radius 3 is 2.55 bits per heavy atom. The van der Waals surface area contributed by atoms with Crippen LogP contribution in [-0.4, -0.2) is 24.2 Å². The van der Waals surface area contributed by atoms with Gasteiger partial charge in [0.05, 0.1) is 0 Å². The summed E-state index contributed by atoms with van der Waals surface area (Å²) in [5.74, 6) is 0.669. The van der Waals surface area contributed by atoms with Crippen LogP contribution in [0.15, 0.2) is 0 Å². The molecule has 0 saturated heterocycles. The van der Waals surface area contributed by atoms with E-state index in [0.29, 0.717) is 12.3 Å². The fraction of sp³-hybridized carbons (Fsp3) is 0.857. The minimum Gasteiger partial charge on any atom is -0.354 e. The Labute approximate surface area is 73.1 Å². The highest BCUT2D eigenvalue weighted by Crippen LogP contribution is 1.90. The summed E-state index contributed by atoms with van der Waals surface area (Å²) >= 11 is 3.99. The molecule has 0 spiro atoms.